The highest BCUT2D eigenvalue weighted by Crippen LogP contribution is 2.40. The van der Waals surface area contributed by atoms with E-state index in [1.165, 1.54) is 9.13 Å². The second kappa shape index (κ2) is 9.95. The Hall–Kier alpha value is -3.87. The van der Waals surface area contributed by atoms with Crippen molar-refractivity contribution in [1.29, 1.82) is 0 Å². The lowest BCUT2D eigenvalue weighted by molar-refractivity contribution is 0.102. The number of carbonyl (C=O) groups is 1. The maximum atomic E-state index is 12.8. The van der Waals surface area contributed by atoms with Gasteiger partial charge in [0.05, 0.1) is 5.69 Å². The van der Waals surface area contributed by atoms with Crippen LogP contribution < -0.4 is 15.7 Å². The number of hydrogen-bond acceptors (Lipinski definition) is 4. The first kappa shape index (κ1) is 24.8. The summed E-state index contributed by atoms with van der Waals surface area (Å²) in [5, 5.41) is 3.06. The molecule has 0 aliphatic rings. The first-order valence-electron chi connectivity index (χ1n) is 11.4. The van der Waals surface area contributed by atoms with Crippen LogP contribution in [0.1, 0.15) is 46.5 Å². The summed E-state index contributed by atoms with van der Waals surface area (Å²) in [6.07, 6.45) is 1.63. The number of nitrogens with one attached hydrogen (secondary N) is 1. The van der Waals surface area contributed by atoms with Crippen molar-refractivity contribution in [2.24, 2.45) is 14.1 Å². The van der Waals surface area contributed by atoms with Crippen LogP contribution in [-0.2, 0) is 14.1 Å². The average Bonchev–Trinajstić information content (AvgIpc) is 3.09. The first-order chi connectivity index (χ1) is 16.2. The first-order valence-corrected chi connectivity index (χ1v) is 11.4. The summed E-state index contributed by atoms with van der Waals surface area (Å²) in [6.45, 7) is 11.9. The molecule has 0 unspecified atom stereocenters. The molecule has 0 spiro atoms. The SMILES string of the molecule is CC.Cc1c(C)c(NC(=O)c2ccccc2)c(C)c(Oc2ccnc3c2n(C)c(=O)n3C)c1C. The normalized spacial score (nSPS) is 10.6. The van der Waals surface area contributed by atoms with Gasteiger partial charge in [0.2, 0.25) is 0 Å². The second-order valence-corrected chi connectivity index (χ2v) is 8.01. The van der Waals surface area contributed by atoms with E-state index in [1.54, 1.807) is 38.5 Å². The summed E-state index contributed by atoms with van der Waals surface area (Å²) < 4.78 is 9.42. The lowest BCUT2D eigenvalue weighted by atomic mass is 9.96. The molecule has 1 N–H and O–H groups in total. The molecule has 0 aliphatic carbocycles. The topological polar surface area (TPSA) is 78.2 Å². The number of amides is 1. The van der Waals surface area contributed by atoms with Crippen LogP contribution >= 0.6 is 0 Å². The van der Waals surface area contributed by atoms with Crippen LogP contribution in [0.5, 0.6) is 11.5 Å². The number of fused-ring (bicyclic) bond motifs is 1. The number of pyridine rings is 1. The minimum Gasteiger partial charge on any atom is -0.454 e. The fourth-order valence-corrected chi connectivity index (χ4v) is 4.02. The molecule has 7 nitrogen and oxygen atoms in total. The Kier molecular flexibility index (Phi) is 7.25. The number of nitrogens with zero attached hydrogens (tertiary/aromatic N) is 3. The van der Waals surface area contributed by atoms with Crippen LogP contribution in [0.15, 0.2) is 47.4 Å². The van der Waals surface area contributed by atoms with Crippen LogP contribution in [0.2, 0.25) is 0 Å². The number of hydrogen-bond donors (Lipinski definition) is 1. The molecule has 0 bridgehead atoms. The van der Waals surface area contributed by atoms with Crippen LogP contribution in [0.25, 0.3) is 11.2 Å². The van der Waals surface area contributed by atoms with Crippen molar-refractivity contribution in [3.8, 4) is 11.5 Å². The van der Waals surface area contributed by atoms with Gasteiger partial charge in [-0.2, -0.15) is 0 Å². The Morgan fingerprint density at radius 1 is 0.882 bits per heavy atom. The van der Waals surface area contributed by atoms with Crippen LogP contribution in [0, 0.1) is 27.7 Å². The summed E-state index contributed by atoms with van der Waals surface area (Å²) in [4.78, 5) is 29.6. The number of aryl methyl sites for hydroxylation is 2. The Morgan fingerprint density at radius 3 is 2.18 bits per heavy atom. The van der Waals surface area contributed by atoms with Crippen molar-refractivity contribution in [3.63, 3.8) is 0 Å². The molecule has 0 atom stereocenters. The lowest BCUT2D eigenvalue weighted by Crippen LogP contribution is -2.19. The molecule has 0 saturated carbocycles. The molecule has 1 amide bonds. The number of benzene rings is 2. The van der Waals surface area contributed by atoms with Crippen molar-refractivity contribution < 1.29 is 9.53 Å². The van der Waals surface area contributed by atoms with Gasteiger partial charge in [-0.3, -0.25) is 13.9 Å². The molecular formula is C27H32N4O3. The summed E-state index contributed by atoms with van der Waals surface area (Å²) in [5.41, 5.74) is 6.12. The molecule has 7 heteroatoms. The van der Waals surface area contributed by atoms with Gasteiger partial charge in [-0.25, -0.2) is 9.78 Å². The Labute approximate surface area is 200 Å². The van der Waals surface area contributed by atoms with E-state index in [1.807, 2.05) is 59.7 Å². The number of rotatable bonds is 4. The number of anilines is 1. The Balaban J connectivity index is 0.00000158. The van der Waals surface area contributed by atoms with Crippen molar-refractivity contribution in [1.82, 2.24) is 14.1 Å². The molecular weight excluding hydrogens is 428 g/mol. The van der Waals surface area contributed by atoms with E-state index in [-0.39, 0.29) is 11.6 Å². The van der Waals surface area contributed by atoms with Gasteiger partial charge in [-0.1, -0.05) is 32.0 Å². The maximum Gasteiger partial charge on any atom is 0.329 e. The molecule has 34 heavy (non-hydrogen) atoms. The quantitative estimate of drug-likeness (QED) is 0.431. The molecule has 4 rings (SSSR count). The average molecular weight is 461 g/mol. The Morgan fingerprint density at radius 2 is 1.53 bits per heavy atom. The molecule has 2 aromatic carbocycles. The predicted octanol–water partition coefficient (Wildman–Crippen LogP) is 5.58. The van der Waals surface area contributed by atoms with Gasteiger partial charge in [-0.15, -0.1) is 0 Å². The van der Waals surface area contributed by atoms with E-state index in [4.69, 9.17) is 4.74 Å². The third-order valence-electron chi connectivity index (χ3n) is 6.14. The van der Waals surface area contributed by atoms with Crippen LogP contribution in [-0.4, -0.2) is 20.0 Å². The van der Waals surface area contributed by atoms with Gasteiger partial charge >= 0.3 is 5.69 Å². The minimum atomic E-state index is -0.178. The fourth-order valence-electron chi connectivity index (χ4n) is 4.02. The molecule has 4 aromatic rings. The van der Waals surface area contributed by atoms with Gasteiger partial charge in [0.15, 0.2) is 11.4 Å². The fraction of sp³-hybridized carbons (Fsp3) is 0.296. The van der Waals surface area contributed by atoms with Gasteiger partial charge < -0.3 is 10.1 Å². The number of aromatic nitrogens is 3. The van der Waals surface area contributed by atoms with Crippen molar-refractivity contribution in [2.45, 2.75) is 41.5 Å². The molecule has 0 fully saturated rings. The van der Waals surface area contributed by atoms with Crippen molar-refractivity contribution in [3.05, 3.63) is 80.9 Å². The zero-order valence-corrected chi connectivity index (χ0v) is 21.1. The van der Waals surface area contributed by atoms with E-state index in [2.05, 4.69) is 10.3 Å². The third kappa shape index (κ3) is 4.21. The molecule has 2 aromatic heterocycles. The minimum absolute atomic E-state index is 0.173. The summed E-state index contributed by atoms with van der Waals surface area (Å²) in [7, 11) is 3.38. The summed E-state index contributed by atoms with van der Waals surface area (Å²) in [6, 6.07) is 10.9. The van der Waals surface area contributed by atoms with Gasteiger partial charge in [0, 0.05) is 37.5 Å². The molecule has 178 valence electrons. The summed E-state index contributed by atoms with van der Waals surface area (Å²) in [5.74, 6) is 1.01. The van der Waals surface area contributed by atoms with Crippen LogP contribution in [0.4, 0.5) is 5.69 Å². The summed E-state index contributed by atoms with van der Waals surface area (Å²) >= 11 is 0. The van der Waals surface area contributed by atoms with E-state index in [9.17, 15) is 9.59 Å². The van der Waals surface area contributed by atoms with E-state index >= 15 is 0 Å². The van der Waals surface area contributed by atoms with Gasteiger partial charge in [0.1, 0.15) is 11.3 Å². The largest absolute Gasteiger partial charge is 0.454 e. The van der Waals surface area contributed by atoms with Crippen molar-refractivity contribution >= 4 is 22.8 Å². The van der Waals surface area contributed by atoms with Gasteiger partial charge in [-0.05, 0) is 56.5 Å². The highest BCUT2D eigenvalue weighted by atomic mass is 16.5. The van der Waals surface area contributed by atoms with Crippen molar-refractivity contribution in [2.75, 3.05) is 5.32 Å². The second-order valence-electron chi connectivity index (χ2n) is 8.01. The third-order valence-corrected chi connectivity index (χ3v) is 6.14. The monoisotopic (exact) mass is 460 g/mol. The lowest BCUT2D eigenvalue weighted by Gasteiger charge is -2.21. The maximum absolute atomic E-state index is 12.8. The van der Waals surface area contributed by atoms with Gasteiger partial charge in [0.25, 0.3) is 5.91 Å². The van der Waals surface area contributed by atoms with E-state index in [0.29, 0.717) is 28.2 Å². The zero-order chi connectivity index (χ0) is 25.2. The smallest absolute Gasteiger partial charge is 0.329 e. The number of ether oxygens (including phenoxy) is 1. The van der Waals surface area contributed by atoms with E-state index < -0.39 is 0 Å². The molecule has 0 aliphatic heterocycles. The number of imidazole rings is 1. The number of carbonyl (C=O) groups excluding carboxylic acids is 1. The molecule has 0 radical (unpaired) electrons. The zero-order valence-electron chi connectivity index (χ0n) is 21.1. The molecule has 0 saturated heterocycles. The van der Waals surface area contributed by atoms with E-state index in [0.717, 1.165) is 27.9 Å². The predicted molar refractivity (Wildman–Crippen MR) is 137 cm³/mol. The highest BCUT2D eigenvalue weighted by molar-refractivity contribution is 6.05. The highest BCUT2D eigenvalue weighted by Gasteiger charge is 2.21. The standard InChI is InChI=1S/C25H26N4O3.C2H6/c1-14-15(2)20(27-24(30)18-10-8-7-9-11-18)17(4)22(16(14)3)32-19-12-13-26-23-21(19)28(5)25(31)29(23)6;1-2/h7-13H,1-6H3,(H,27,30);1-2H3. The van der Waals surface area contributed by atoms with Crippen LogP contribution in [0.3, 0.4) is 0 Å². The Bertz CT molecular complexity index is 1420. The molecule has 2 heterocycles.